The predicted octanol–water partition coefficient (Wildman–Crippen LogP) is 6.35. The number of carboxylic acid groups (broad SMARTS) is 1. The molecule has 196 valence electrons. The van der Waals surface area contributed by atoms with Crippen molar-refractivity contribution in [2.24, 2.45) is 0 Å². The third kappa shape index (κ3) is 5.85. The highest BCUT2D eigenvalue weighted by molar-refractivity contribution is 7.99. The first kappa shape index (κ1) is 27.6. The Morgan fingerprint density at radius 3 is 2.32 bits per heavy atom. The first-order valence-corrected chi connectivity index (χ1v) is 13.3. The summed E-state index contributed by atoms with van der Waals surface area (Å²) in [5, 5.41) is 25.4. The number of hydrogen-bond donors (Lipinski definition) is 2. The van der Waals surface area contributed by atoms with Gasteiger partial charge in [0.05, 0.1) is 32.6 Å². The Morgan fingerprint density at radius 2 is 1.68 bits per heavy atom. The first-order chi connectivity index (χ1) is 18.0. The molecule has 2 N–H and O–H groups in total. The molecule has 8 nitrogen and oxygen atoms in total. The summed E-state index contributed by atoms with van der Waals surface area (Å²) >= 11 is 14.1. The summed E-state index contributed by atoms with van der Waals surface area (Å²) in [4.78, 5) is 24.2. The first-order valence-electron chi connectivity index (χ1n) is 11.6. The third-order valence-electron chi connectivity index (χ3n) is 6.10. The number of carbonyl (C=O) groups excluding carboxylic acids is 1. The predicted molar refractivity (Wildman–Crippen MR) is 151 cm³/mol. The van der Waals surface area contributed by atoms with Crippen molar-refractivity contribution >= 4 is 52.5 Å². The number of benzene rings is 3. The number of rotatable bonds is 8. The van der Waals surface area contributed by atoms with Crippen molar-refractivity contribution in [3.05, 3.63) is 81.3 Å². The molecule has 0 saturated carbocycles. The van der Waals surface area contributed by atoms with Crippen LogP contribution in [0.1, 0.15) is 30.5 Å². The highest BCUT2D eigenvalue weighted by atomic mass is 35.5. The van der Waals surface area contributed by atoms with E-state index in [0.29, 0.717) is 32.1 Å². The van der Waals surface area contributed by atoms with Gasteiger partial charge < -0.3 is 10.4 Å². The van der Waals surface area contributed by atoms with Crippen molar-refractivity contribution in [3.63, 3.8) is 0 Å². The lowest BCUT2D eigenvalue weighted by Gasteiger charge is -2.20. The van der Waals surface area contributed by atoms with Crippen LogP contribution in [0.2, 0.25) is 10.0 Å². The molecule has 0 aliphatic carbocycles. The number of hydrogen-bond acceptors (Lipinski definition) is 6. The van der Waals surface area contributed by atoms with Gasteiger partial charge in [0.25, 0.3) is 0 Å². The van der Waals surface area contributed by atoms with Crippen LogP contribution in [0, 0.1) is 13.8 Å². The molecule has 0 atom stereocenters. The molecule has 38 heavy (non-hydrogen) atoms. The summed E-state index contributed by atoms with van der Waals surface area (Å²) < 4.78 is 1.53. The fourth-order valence-corrected chi connectivity index (χ4v) is 5.21. The van der Waals surface area contributed by atoms with Gasteiger partial charge in [-0.25, -0.2) is 0 Å². The lowest BCUT2D eigenvalue weighted by molar-refractivity contribution is -0.142. The van der Waals surface area contributed by atoms with Crippen molar-refractivity contribution in [2.45, 2.75) is 38.3 Å². The Balaban J connectivity index is 1.43. The summed E-state index contributed by atoms with van der Waals surface area (Å²) in [6.07, 6.45) is 0. The number of nitrogens with zero attached hydrogens (tertiary/aromatic N) is 4. The average Bonchev–Trinajstić information content (AvgIpc) is 3.31. The van der Waals surface area contributed by atoms with E-state index in [4.69, 9.17) is 23.2 Å². The lowest BCUT2D eigenvalue weighted by atomic mass is 9.84. The minimum absolute atomic E-state index is 0.0573. The second-order valence-corrected chi connectivity index (χ2v) is 11.1. The van der Waals surface area contributed by atoms with E-state index in [0.717, 1.165) is 22.3 Å². The molecule has 0 aliphatic rings. The van der Waals surface area contributed by atoms with Crippen LogP contribution in [0.25, 0.3) is 16.8 Å². The molecule has 0 spiro atoms. The standard InChI is InChI=1S/C27H25Cl2N5O3S/c1-15-11-16(2)24(21(29)12-15)34-26(31-32-33-34)38-14-23(35)30-22-10-7-18(13-20(22)28)17-5-8-19(9-6-17)27(3,4)25(36)37/h5-13H,14H2,1-4H3,(H,30,35)(H,36,37). The number of carboxylic acids is 1. The van der Waals surface area contributed by atoms with Crippen LogP contribution in [-0.2, 0) is 15.0 Å². The van der Waals surface area contributed by atoms with Gasteiger partial charge in [0.15, 0.2) is 0 Å². The molecule has 11 heteroatoms. The van der Waals surface area contributed by atoms with Gasteiger partial charge in [0.2, 0.25) is 11.1 Å². The molecule has 0 bridgehead atoms. The smallest absolute Gasteiger partial charge is 0.313 e. The average molecular weight is 571 g/mol. The molecule has 0 aliphatic heterocycles. The topological polar surface area (TPSA) is 110 Å². The van der Waals surface area contributed by atoms with Gasteiger partial charge in [-0.05, 0) is 84.1 Å². The molecule has 0 fully saturated rings. The van der Waals surface area contributed by atoms with E-state index in [2.05, 4.69) is 20.8 Å². The maximum absolute atomic E-state index is 12.7. The SMILES string of the molecule is Cc1cc(C)c(-n2nnnc2SCC(=O)Nc2ccc(-c3ccc(C(C)(C)C(=O)O)cc3)cc2Cl)c(Cl)c1. The highest BCUT2D eigenvalue weighted by Gasteiger charge is 2.29. The number of aliphatic carboxylic acids is 1. The van der Waals surface area contributed by atoms with E-state index in [1.54, 1.807) is 38.1 Å². The Labute approximate surface area is 234 Å². The second kappa shape index (κ2) is 11.1. The molecular weight excluding hydrogens is 545 g/mol. The second-order valence-electron chi connectivity index (χ2n) is 9.32. The van der Waals surface area contributed by atoms with E-state index < -0.39 is 11.4 Å². The number of thioether (sulfide) groups is 1. The number of amides is 1. The summed E-state index contributed by atoms with van der Waals surface area (Å²) in [7, 11) is 0. The van der Waals surface area contributed by atoms with Gasteiger partial charge in [0.1, 0.15) is 0 Å². The van der Waals surface area contributed by atoms with E-state index in [1.165, 1.54) is 16.4 Å². The van der Waals surface area contributed by atoms with E-state index in [9.17, 15) is 14.7 Å². The largest absolute Gasteiger partial charge is 0.481 e. The number of tetrazole rings is 1. The van der Waals surface area contributed by atoms with Crippen LogP contribution in [0.4, 0.5) is 5.69 Å². The number of anilines is 1. The zero-order chi connectivity index (χ0) is 27.6. The molecule has 4 rings (SSSR count). The number of nitrogens with one attached hydrogen (secondary N) is 1. The third-order valence-corrected chi connectivity index (χ3v) is 7.62. The molecule has 1 heterocycles. The van der Waals surface area contributed by atoms with Gasteiger partial charge >= 0.3 is 5.97 Å². The van der Waals surface area contributed by atoms with Gasteiger partial charge in [-0.1, -0.05) is 71.4 Å². The van der Waals surface area contributed by atoms with Crippen LogP contribution in [-0.4, -0.2) is 42.9 Å². The Hall–Kier alpha value is -3.40. The zero-order valence-corrected chi connectivity index (χ0v) is 23.4. The van der Waals surface area contributed by atoms with Crippen molar-refractivity contribution in [1.82, 2.24) is 20.2 Å². The monoisotopic (exact) mass is 569 g/mol. The zero-order valence-electron chi connectivity index (χ0n) is 21.1. The van der Waals surface area contributed by atoms with Crippen LogP contribution < -0.4 is 5.32 Å². The van der Waals surface area contributed by atoms with Crippen LogP contribution in [0.3, 0.4) is 0 Å². The molecule has 0 radical (unpaired) electrons. The van der Waals surface area contributed by atoms with E-state index in [1.807, 2.05) is 44.2 Å². The number of halogens is 2. The van der Waals surface area contributed by atoms with Gasteiger partial charge in [-0.15, -0.1) is 5.10 Å². The minimum Gasteiger partial charge on any atom is -0.481 e. The van der Waals surface area contributed by atoms with Crippen molar-refractivity contribution in [1.29, 1.82) is 0 Å². The van der Waals surface area contributed by atoms with Gasteiger partial charge in [-0.3, -0.25) is 9.59 Å². The summed E-state index contributed by atoms with van der Waals surface area (Å²) in [5.74, 6) is -1.11. The van der Waals surface area contributed by atoms with Crippen LogP contribution in [0.15, 0.2) is 59.8 Å². The molecular formula is C27H25Cl2N5O3S. The number of aromatic nitrogens is 4. The lowest BCUT2D eigenvalue weighted by Crippen LogP contribution is -2.28. The number of aryl methyl sites for hydroxylation is 2. The molecule has 0 saturated heterocycles. The highest BCUT2D eigenvalue weighted by Crippen LogP contribution is 2.32. The Bertz CT molecular complexity index is 1500. The summed E-state index contributed by atoms with van der Waals surface area (Å²) in [5.41, 5.74) is 4.52. The van der Waals surface area contributed by atoms with Crippen molar-refractivity contribution in [2.75, 3.05) is 11.1 Å². The van der Waals surface area contributed by atoms with Crippen LogP contribution in [0.5, 0.6) is 0 Å². The molecule has 3 aromatic carbocycles. The molecule has 1 aromatic heterocycles. The Kier molecular flexibility index (Phi) is 8.10. The normalized spacial score (nSPS) is 11.4. The molecule has 1 amide bonds. The Morgan fingerprint density at radius 1 is 1.00 bits per heavy atom. The quantitative estimate of drug-likeness (QED) is 0.238. The summed E-state index contributed by atoms with van der Waals surface area (Å²) in [6, 6.07) is 16.4. The summed E-state index contributed by atoms with van der Waals surface area (Å²) in [6.45, 7) is 7.21. The molecule has 0 unspecified atom stereocenters. The van der Waals surface area contributed by atoms with Gasteiger partial charge in [-0.2, -0.15) is 4.68 Å². The number of carbonyl (C=O) groups is 2. The maximum Gasteiger partial charge on any atom is 0.313 e. The van der Waals surface area contributed by atoms with Crippen molar-refractivity contribution in [3.8, 4) is 16.8 Å². The van der Waals surface area contributed by atoms with Gasteiger partial charge in [0, 0.05) is 0 Å². The van der Waals surface area contributed by atoms with E-state index >= 15 is 0 Å². The van der Waals surface area contributed by atoms with E-state index in [-0.39, 0.29) is 11.7 Å². The van der Waals surface area contributed by atoms with Crippen LogP contribution >= 0.6 is 35.0 Å². The fraction of sp³-hybridized carbons (Fsp3) is 0.222. The van der Waals surface area contributed by atoms with Crippen molar-refractivity contribution < 1.29 is 14.7 Å². The fourth-order valence-electron chi connectivity index (χ4n) is 3.90. The minimum atomic E-state index is -0.989. The maximum atomic E-state index is 12.7. The molecule has 4 aromatic rings.